The molecule has 1 N–H and O–H groups in total. The third kappa shape index (κ3) is 3.22. The second-order valence-corrected chi connectivity index (χ2v) is 6.15. The van der Waals surface area contributed by atoms with E-state index in [1.54, 1.807) is 0 Å². The summed E-state index contributed by atoms with van der Waals surface area (Å²) in [4.78, 5) is 5.35. The summed E-state index contributed by atoms with van der Waals surface area (Å²) in [5, 5.41) is 3.44. The Morgan fingerprint density at radius 3 is 2.50 bits per heavy atom. The number of likely N-dealkylation sites (tertiary alicyclic amines) is 1. The first kappa shape index (κ1) is 14.1. The van der Waals surface area contributed by atoms with Crippen molar-refractivity contribution in [1.82, 2.24) is 15.1 Å². The second-order valence-electron chi connectivity index (χ2n) is 6.15. The maximum absolute atomic E-state index is 3.44. The summed E-state index contributed by atoms with van der Waals surface area (Å²) in [6, 6.07) is 12.5. The molecular weight excluding hydrogens is 246 g/mol. The van der Waals surface area contributed by atoms with Crippen LogP contribution in [0.3, 0.4) is 0 Å². The average Bonchev–Trinajstić information content (AvgIpc) is 2.47. The standard InChI is InChI=1S/C17H27N3/c1-2-16(12-15-6-4-3-5-7-15)20-13-17(14-20)19-10-8-18-9-11-19/h3-7,16-18H,2,8-14H2,1H3. The molecule has 20 heavy (non-hydrogen) atoms. The first-order chi connectivity index (χ1) is 9.86. The minimum Gasteiger partial charge on any atom is -0.314 e. The van der Waals surface area contributed by atoms with Crippen molar-refractivity contribution >= 4 is 0 Å². The van der Waals surface area contributed by atoms with E-state index in [4.69, 9.17) is 0 Å². The lowest BCUT2D eigenvalue weighted by molar-refractivity contribution is -0.00141. The molecular formula is C17H27N3. The molecule has 3 rings (SSSR count). The third-order valence-electron chi connectivity index (χ3n) is 4.86. The lowest BCUT2D eigenvalue weighted by Crippen LogP contribution is -2.64. The molecule has 3 nitrogen and oxygen atoms in total. The van der Waals surface area contributed by atoms with Crippen LogP contribution in [0.1, 0.15) is 18.9 Å². The Morgan fingerprint density at radius 1 is 1.15 bits per heavy atom. The molecule has 0 spiro atoms. The highest BCUT2D eigenvalue weighted by molar-refractivity contribution is 5.16. The van der Waals surface area contributed by atoms with Gasteiger partial charge >= 0.3 is 0 Å². The molecule has 1 unspecified atom stereocenters. The number of nitrogens with one attached hydrogen (secondary N) is 1. The van der Waals surface area contributed by atoms with Gasteiger partial charge in [0.1, 0.15) is 0 Å². The molecule has 0 aromatic heterocycles. The van der Waals surface area contributed by atoms with E-state index in [1.165, 1.54) is 44.6 Å². The normalized spacial score (nSPS) is 23.4. The number of nitrogens with zero attached hydrogens (tertiary/aromatic N) is 2. The number of benzene rings is 1. The summed E-state index contributed by atoms with van der Waals surface area (Å²) in [5.41, 5.74) is 1.48. The van der Waals surface area contributed by atoms with Gasteiger partial charge in [-0.3, -0.25) is 9.80 Å². The quantitative estimate of drug-likeness (QED) is 0.879. The Labute approximate surface area is 123 Å². The lowest BCUT2D eigenvalue weighted by atomic mass is 9.96. The fourth-order valence-corrected chi connectivity index (χ4v) is 3.48. The van der Waals surface area contributed by atoms with E-state index in [-0.39, 0.29) is 0 Å². The third-order valence-corrected chi connectivity index (χ3v) is 4.86. The van der Waals surface area contributed by atoms with Gasteiger partial charge < -0.3 is 5.32 Å². The SMILES string of the molecule is CCC(Cc1ccccc1)N1CC(N2CCNCC2)C1. The summed E-state index contributed by atoms with van der Waals surface area (Å²) in [6.07, 6.45) is 2.45. The van der Waals surface area contributed by atoms with Gasteiger partial charge in [-0.15, -0.1) is 0 Å². The summed E-state index contributed by atoms with van der Waals surface area (Å²) >= 11 is 0. The van der Waals surface area contributed by atoms with Crippen molar-refractivity contribution in [1.29, 1.82) is 0 Å². The predicted octanol–water partition coefficient (Wildman–Crippen LogP) is 1.60. The second kappa shape index (κ2) is 6.70. The van der Waals surface area contributed by atoms with E-state index < -0.39 is 0 Å². The molecule has 1 atom stereocenters. The molecule has 2 heterocycles. The van der Waals surface area contributed by atoms with Crippen LogP contribution in [0.2, 0.25) is 0 Å². The van der Waals surface area contributed by atoms with E-state index in [0.29, 0.717) is 0 Å². The Kier molecular flexibility index (Phi) is 4.71. The van der Waals surface area contributed by atoms with Crippen LogP contribution in [0, 0.1) is 0 Å². The van der Waals surface area contributed by atoms with Crippen molar-refractivity contribution in [2.24, 2.45) is 0 Å². The molecule has 2 aliphatic rings. The van der Waals surface area contributed by atoms with Crippen LogP contribution in [0.5, 0.6) is 0 Å². The maximum Gasteiger partial charge on any atom is 0.0351 e. The van der Waals surface area contributed by atoms with Crippen LogP contribution in [0.25, 0.3) is 0 Å². The van der Waals surface area contributed by atoms with Crippen LogP contribution < -0.4 is 5.32 Å². The van der Waals surface area contributed by atoms with Crippen LogP contribution in [-0.2, 0) is 6.42 Å². The Hall–Kier alpha value is -0.900. The van der Waals surface area contributed by atoms with E-state index in [9.17, 15) is 0 Å². The Balaban J connectivity index is 1.49. The molecule has 0 aliphatic carbocycles. The van der Waals surface area contributed by atoms with Crippen molar-refractivity contribution in [3.63, 3.8) is 0 Å². The average molecular weight is 273 g/mol. The molecule has 2 fully saturated rings. The minimum absolute atomic E-state index is 0.719. The topological polar surface area (TPSA) is 18.5 Å². The van der Waals surface area contributed by atoms with Crippen LogP contribution >= 0.6 is 0 Å². The number of hydrogen-bond donors (Lipinski definition) is 1. The minimum atomic E-state index is 0.719. The molecule has 2 saturated heterocycles. The smallest absolute Gasteiger partial charge is 0.0351 e. The Bertz CT molecular complexity index is 394. The molecule has 0 bridgehead atoms. The molecule has 1 aromatic rings. The lowest BCUT2D eigenvalue weighted by Gasteiger charge is -2.50. The Morgan fingerprint density at radius 2 is 1.85 bits per heavy atom. The fourth-order valence-electron chi connectivity index (χ4n) is 3.48. The van der Waals surface area contributed by atoms with Gasteiger partial charge in [0, 0.05) is 51.4 Å². The molecule has 3 heteroatoms. The maximum atomic E-state index is 3.44. The van der Waals surface area contributed by atoms with Gasteiger partial charge in [-0.1, -0.05) is 37.3 Å². The van der Waals surface area contributed by atoms with Crippen molar-refractivity contribution < 1.29 is 0 Å². The van der Waals surface area contributed by atoms with Gasteiger partial charge in [0.15, 0.2) is 0 Å². The highest BCUT2D eigenvalue weighted by atomic mass is 15.3. The molecule has 1 aromatic carbocycles. The fraction of sp³-hybridized carbons (Fsp3) is 0.647. The van der Waals surface area contributed by atoms with E-state index >= 15 is 0 Å². The zero-order chi connectivity index (χ0) is 13.8. The predicted molar refractivity (Wildman–Crippen MR) is 84.0 cm³/mol. The summed E-state index contributed by atoms with van der Waals surface area (Å²) in [5.74, 6) is 0. The molecule has 0 saturated carbocycles. The van der Waals surface area contributed by atoms with Crippen molar-refractivity contribution in [3.05, 3.63) is 35.9 Å². The molecule has 0 amide bonds. The summed E-state index contributed by atoms with van der Waals surface area (Å²) in [6.45, 7) is 9.65. The number of hydrogen-bond acceptors (Lipinski definition) is 3. The van der Waals surface area contributed by atoms with Gasteiger partial charge in [0.05, 0.1) is 0 Å². The van der Waals surface area contributed by atoms with Crippen LogP contribution in [0.15, 0.2) is 30.3 Å². The highest BCUT2D eigenvalue weighted by Gasteiger charge is 2.35. The first-order valence-corrected chi connectivity index (χ1v) is 8.09. The zero-order valence-corrected chi connectivity index (χ0v) is 12.6. The van der Waals surface area contributed by atoms with E-state index in [1.807, 2.05) is 0 Å². The summed E-state index contributed by atoms with van der Waals surface area (Å²) in [7, 11) is 0. The van der Waals surface area contributed by atoms with Gasteiger partial charge in [-0.05, 0) is 18.4 Å². The van der Waals surface area contributed by atoms with E-state index in [0.717, 1.165) is 25.2 Å². The van der Waals surface area contributed by atoms with Crippen molar-refractivity contribution in [3.8, 4) is 0 Å². The first-order valence-electron chi connectivity index (χ1n) is 8.09. The summed E-state index contributed by atoms with van der Waals surface area (Å²) < 4.78 is 0. The van der Waals surface area contributed by atoms with Crippen LogP contribution in [0.4, 0.5) is 0 Å². The van der Waals surface area contributed by atoms with Gasteiger partial charge in [-0.25, -0.2) is 0 Å². The van der Waals surface area contributed by atoms with Gasteiger partial charge in [0.2, 0.25) is 0 Å². The molecule has 2 aliphatic heterocycles. The zero-order valence-electron chi connectivity index (χ0n) is 12.6. The van der Waals surface area contributed by atoms with Crippen molar-refractivity contribution in [2.75, 3.05) is 39.3 Å². The number of piperazine rings is 1. The number of rotatable bonds is 5. The van der Waals surface area contributed by atoms with Crippen molar-refractivity contribution in [2.45, 2.75) is 31.8 Å². The van der Waals surface area contributed by atoms with E-state index in [2.05, 4.69) is 52.4 Å². The highest BCUT2D eigenvalue weighted by Crippen LogP contribution is 2.22. The monoisotopic (exact) mass is 273 g/mol. The van der Waals surface area contributed by atoms with Gasteiger partial charge in [-0.2, -0.15) is 0 Å². The largest absolute Gasteiger partial charge is 0.314 e. The van der Waals surface area contributed by atoms with Gasteiger partial charge in [0.25, 0.3) is 0 Å². The van der Waals surface area contributed by atoms with Crippen LogP contribution in [-0.4, -0.2) is 61.2 Å². The molecule has 110 valence electrons. The molecule has 0 radical (unpaired) electrons.